The molecular formula is C6H8N2O. The first kappa shape index (κ1) is 6.04. The molecule has 48 valence electrons. The third kappa shape index (κ3) is 1.70. The Labute approximate surface area is 53.1 Å². The molecule has 0 radical (unpaired) electrons. The number of hydrogen-bond donors (Lipinski definition) is 1. The molecule has 0 atom stereocenters. The summed E-state index contributed by atoms with van der Waals surface area (Å²) in [4.78, 5) is 0. The van der Waals surface area contributed by atoms with Gasteiger partial charge in [-0.3, -0.25) is 0 Å². The van der Waals surface area contributed by atoms with E-state index in [4.69, 9.17) is 5.73 Å². The van der Waals surface area contributed by atoms with Gasteiger partial charge in [0, 0.05) is 12.1 Å². The molecule has 0 bridgehead atoms. The third-order valence-electron chi connectivity index (χ3n) is 0.898. The van der Waals surface area contributed by atoms with Crippen LogP contribution in [0.5, 0.6) is 0 Å². The van der Waals surface area contributed by atoms with Crippen molar-refractivity contribution in [3.8, 4) is 0 Å². The van der Waals surface area contributed by atoms with Gasteiger partial charge < -0.3 is 10.3 Å². The van der Waals surface area contributed by atoms with Gasteiger partial charge in [0.2, 0.25) is 0 Å². The van der Waals surface area contributed by atoms with Gasteiger partial charge in [0.15, 0.2) is 0 Å². The first-order chi connectivity index (χ1) is 4.43. The zero-order valence-corrected chi connectivity index (χ0v) is 4.95. The first-order valence-corrected chi connectivity index (χ1v) is 2.69. The lowest BCUT2D eigenvalue weighted by Gasteiger charge is -1.76. The zero-order chi connectivity index (χ0) is 6.53. The van der Waals surface area contributed by atoms with Gasteiger partial charge in [-0.25, -0.2) is 0 Å². The van der Waals surface area contributed by atoms with Crippen molar-refractivity contribution in [1.29, 1.82) is 0 Å². The fourth-order valence-corrected chi connectivity index (χ4v) is 0.499. The van der Waals surface area contributed by atoms with Crippen molar-refractivity contribution >= 4 is 6.08 Å². The second-order valence-electron chi connectivity index (χ2n) is 1.60. The van der Waals surface area contributed by atoms with Crippen LogP contribution < -0.4 is 5.73 Å². The van der Waals surface area contributed by atoms with Gasteiger partial charge in [-0.1, -0.05) is 17.3 Å². The Balaban J connectivity index is 2.57. The van der Waals surface area contributed by atoms with Crippen LogP contribution in [-0.2, 0) is 0 Å². The van der Waals surface area contributed by atoms with Crippen molar-refractivity contribution in [1.82, 2.24) is 5.16 Å². The summed E-state index contributed by atoms with van der Waals surface area (Å²) in [6.07, 6.45) is 6.89. The molecule has 1 aromatic heterocycles. The van der Waals surface area contributed by atoms with Gasteiger partial charge >= 0.3 is 0 Å². The Morgan fingerprint density at radius 1 is 1.78 bits per heavy atom. The topological polar surface area (TPSA) is 52.0 Å². The van der Waals surface area contributed by atoms with E-state index >= 15 is 0 Å². The Morgan fingerprint density at radius 2 is 2.67 bits per heavy atom. The smallest absolute Gasteiger partial charge is 0.131 e. The average Bonchev–Trinajstić information content (AvgIpc) is 2.34. The number of nitrogens with zero attached hydrogens (tertiary/aromatic N) is 1. The summed E-state index contributed by atoms with van der Waals surface area (Å²) in [5, 5.41) is 3.51. The van der Waals surface area contributed by atoms with E-state index in [0.29, 0.717) is 6.54 Å². The molecule has 0 aliphatic rings. The van der Waals surface area contributed by atoms with Gasteiger partial charge in [0.05, 0.1) is 6.20 Å². The molecule has 0 aliphatic carbocycles. The lowest BCUT2D eigenvalue weighted by atomic mass is 10.3. The third-order valence-corrected chi connectivity index (χ3v) is 0.898. The molecule has 9 heavy (non-hydrogen) atoms. The molecule has 1 rings (SSSR count). The van der Waals surface area contributed by atoms with Gasteiger partial charge in [0.25, 0.3) is 0 Å². The standard InChI is InChI=1S/C6H8N2O/c7-3-1-2-6-4-8-9-5-6/h1-2,4-5H,3,7H2. The van der Waals surface area contributed by atoms with E-state index in [1.807, 2.05) is 12.2 Å². The molecule has 0 aliphatic heterocycles. The van der Waals surface area contributed by atoms with E-state index in [1.165, 1.54) is 0 Å². The summed E-state index contributed by atoms with van der Waals surface area (Å²) >= 11 is 0. The molecule has 3 heteroatoms. The molecule has 0 saturated carbocycles. The maximum absolute atomic E-state index is 5.21. The van der Waals surface area contributed by atoms with Crippen molar-refractivity contribution in [2.75, 3.05) is 6.54 Å². The summed E-state index contributed by atoms with van der Waals surface area (Å²) in [6, 6.07) is 0. The van der Waals surface area contributed by atoms with Crippen molar-refractivity contribution in [3.63, 3.8) is 0 Å². The van der Waals surface area contributed by atoms with Crippen LogP contribution in [0.3, 0.4) is 0 Å². The van der Waals surface area contributed by atoms with Crippen LogP contribution >= 0.6 is 0 Å². The number of hydrogen-bond acceptors (Lipinski definition) is 3. The van der Waals surface area contributed by atoms with Gasteiger partial charge in [-0.05, 0) is 0 Å². The molecule has 0 aromatic carbocycles. The van der Waals surface area contributed by atoms with E-state index in [1.54, 1.807) is 12.5 Å². The fourth-order valence-electron chi connectivity index (χ4n) is 0.499. The van der Waals surface area contributed by atoms with Crippen LogP contribution in [0.4, 0.5) is 0 Å². The van der Waals surface area contributed by atoms with Crippen LogP contribution in [0.1, 0.15) is 5.56 Å². The highest BCUT2D eigenvalue weighted by molar-refractivity contribution is 5.45. The van der Waals surface area contributed by atoms with E-state index < -0.39 is 0 Å². The highest BCUT2D eigenvalue weighted by Crippen LogP contribution is 1.97. The van der Waals surface area contributed by atoms with E-state index in [2.05, 4.69) is 9.68 Å². The second-order valence-corrected chi connectivity index (χ2v) is 1.60. The molecule has 0 spiro atoms. The molecular weight excluding hydrogens is 116 g/mol. The lowest BCUT2D eigenvalue weighted by Crippen LogP contribution is -1.91. The molecule has 1 aromatic rings. The Hall–Kier alpha value is -1.09. The maximum Gasteiger partial charge on any atom is 0.131 e. The summed E-state index contributed by atoms with van der Waals surface area (Å²) < 4.78 is 4.57. The number of nitrogens with two attached hydrogens (primary N) is 1. The molecule has 0 fully saturated rings. The monoisotopic (exact) mass is 124 g/mol. The minimum absolute atomic E-state index is 0.547. The quantitative estimate of drug-likeness (QED) is 0.629. The van der Waals surface area contributed by atoms with Crippen LogP contribution in [0.25, 0.3) is 6.08 Å². The summed E-state index contributed by atoms with van der Waals surface area (Å²) in [7, 11) is 0. The Bertz CT molecular complexity index is 179. The minimum Gasteiger partial charge on any atom is -0.364 e. The van der Waals surface area contributed by atoms with Gasteiger partial charge in [0.1, 0.15) is 6.26 Å². The van der Waals surface area contributed by atoms with Crippen LogP contribution in [0, 0.1) is 0 Å². The van der Waals surface area contributed by atoms with E-state index in [9.17, 15) is 0 Å². The summed E-state index contributed by atoms with van der Waals surface area (Å²) in [6.45, 7) is 0.547. The predicted octanol–water partition coefficient (Wildman–Crippen LogP) is 0.647. The normalized spacial score (nSPS) is 10.8. The van der Waals surface area contributed by atoms with Crippen LogP contribution in [-0.4, -0.2) is 11.7 Å². The van der Waals surface area contributed by atoms with Crippen molar-refractivity contribution in [2.24, 2.45) is 5.73 Å². The molecule has 0 unspecified atom stereocenters. The van der Waals surface area contributed by atoms with Crippen molar-refractivity contribution < 1.29 is 4.52 Å². The van der Waals surface area contributed by atoms with Crippen LogP contribution in [0.15, 0.2) is 23.1 Å². The van der Waals surface area contributed by atoms with Gasteiger partial charge in [-0.2, -0.15) is 0 Å². The Kier molecular flexibility index (Phi) is 2.04. The molecule has 2 N–H and O–H groups in total. The molecule has 0 amide bonds. The Morgan fingerprint density at radius 3 is 3.22 bits per heavy atom. The highest BCUT2D eigenvalue weighted by Gasteiger charge is 1.84. The predicted molar refractivity (Wildman–Crippen MR) is 34.6 cm³/mol. The zero-order valence-electron chi connectivity index (χ0n) is 4.95. The SMILES string of the molecule is NCC=Cc1cnoc1. The molecule has 0 saturated heterocycles. The number of rotatable bonds is 2. The van der Waals surface area contributed by atoms with Crippen molar-refractivity contribution in [3.05, 3.63) is 24.1 Å². The largest absolute Gasteiger partial charge is 0.364 e. The van der Waals surface area contributed by atoms with Gasteiger partial charge in [-0.15, -0.1) is 0 Å². The summed E-state index contributed by atoms with van der Waals surface area (Å²) in [5.41, 5.74) is 6.15. The number of aromatic nitrogens is 1. The minimum atomic E-state index is 0.547. The fraction of sp³-hybridized carbons (Fsp3) is 0.167. The highest BCUT2D eigenvalue weighted by atomic mass is 16.5. The summed E-state index contributed by atoms with van der Waals surface area (Å²) in [5.74, 6) is 0. The van der Waals surface area contributed by atoms with Crippen molar-refractivity contribution in [2.45, 2.75) is 0 Å². The second kappa shape index (κ2) is 3.04. The first-order valence-electron chi connectivity index (χ1n) is 2.69. The van der Waals surface area contributed by atoms with E-state index in [-0.39, 0.29) is 0 Å². The molecule has 3 nitrogen and oxygen atoms in total. The van der Waals surface area contributed by atoms with E-state index in [0.717, 1.165) is 5.56 Å². The maximum atomic E-state index is 5.21. The van der Waals surface area contributed by atoms with Crippen LogP contribution in [0.2, 0.25) is 0 Å². The molecule has 1 heterocycles. The average molecular weight is 124 g/mol. The lowest BCUT2D eigenvalue weighted by molar-refractivity contribution is 0.419.